The Bertz CT molecular complexity index is 746. The van der Waals surface area contributed by atoms with Crippen molar-refractivity contribution in [3.63, 3.8) is 0 Å². The molecule has 120 valence electrons. The lowest BCUT2D eigenvalue weighted by Crippen LogP contribution is -2.32. The molecule has 1 aliphatic carbocycles. The van der Waals surface area contributed by atoms with Crippen LogP contribution in [0.15, 0.2) is 30.5 Å². The van der Waals surface area contributed by atoms with E-state index in [9.17, 15) is 14.0 Å². The number of hydrogen-bond donors (Lipinski definition) is 2. The van der Waals surface area contributed by atoms with E-state index in [0.29, 0.717) is 34.7 Å². The van der Waals surface area contributed by atoms with E-state index in [0.717, 1.165) is 11.3 Å². The van der Waals surface area contributed by atoms with Gasteiger partial charge >= 0.3 is 5.97 Å². The average Bonchev–Trinajstić information content (AvgIpc) is 3.16. The van der Waals surface area contributed by atoms with Crippen LogP contribution in [0.5, 0.6) is 0 Å². The molecule has 0 bridgehead atoms. The molecule has 5 nitrogen and oxygen atoms in total. The number of nitrogens with one attached hydrogen (secondary N) is 1. The first-order chi connectivity index (χ1) is 11.0. The van der Waals surface area contributed by atoms with E-state index in [2.05, 4.69) is 10.3 Å². The predicted octanol–water partition coefficient (Wildman–Crippen LogP) is 2.93. The molecule has 2 aromatic rings. The molecule has 1 aromatic carbocycles. The van der Waals surface area contributed by atoms with Gasteiger partial charge in [0.25, 0.3) is 5.91 Å². The van der Waals surface area contributed by atoms with Crippen LogP contribution in [0.1, 0.15) is 28.9 Å². The van der Waals surface area contributed by atoms with E-state index in [-0.39, 0.29) is 17.8 Å². The lowest BCUT2D eigenvalue weighted by atomic mass is 10.1. The Morgan fingerprint density at radius 2 is 2.09 bits per heavy atom. The second-order valence-corrected chi connectivity index (χ2v) is 6.56. The third kappa shape index (κ3) is 3.39. The van der Waals surface area contributed by atoms with Crippen molar-refractivity contribution in [3.8, 4) is 10.6 Å². The number of benzene rings is 1. The van der Waals surface area contributed by atoms with Gasteiger partial charge in [-0.15, -0.1) is 11.3 Å². The molecule has 1 amide bonds. The Hall–Kier alpha value is -2.28. The monoisotopic (exact) mass is 334 g/mol. The number of nitrogens with zero attached hydrogens (tertiary/aromatic N) is 1. The van der Waals surface area contributed by atoms with Gasteiger partial charge in [-0.3, -0.25) is 9.59 Å². The minimum Gasteiger partial charge on any atom is -0.481 e. The maximum Gasteiger partial charge on any atom is 0.306 e. The Labute approximate surface area is 136 Å². The highest BCUT2D eigenvalue weighted by Gasteiger charge is 2.31. The summed E-state index contributed by atoms with van der Waals surface area (Å²) in [7, 11) is 0. The van der Waals surface area contributed by atoms with Crippen LogP contribution >= 0.6 is 11.3 Å². The van der Waals surface area contributed by atoms with Crippen molar-refractivity contribution in [2.45, 2.75) is 25.3 Å². The molecule has 7 heteroatoms. The molecule has 1 aliphatic rings. The number of carboxylic acids is 1. The zero-order valence-electron chi connectivity index (χ0n) is 12.2. The molecule has 23 heavy (non-hydrogen) atoms. The number of carboxylic acid groups (broad SMARTS) is 1. The average molecular weight is 334 g/mol. The quantitative estimate of drug-likeness (QED) is 0.901. The number of halogens is 1. The van der Waals surface area contributed by atoms with Gasteiger partial charge in [-0.1, -0.05) is 12.1 Å². The van der Waals surface area contributed by atoms with Gasteiger partial charge in [0.05, 0.1) is 12.1 Å². The smallest absolute Gasteiger partial charge is 0.306 e. The summed E-state index contributed by atoms with van der Waals surface area (Å²) >= 11 is 1.12. The van der Waals surface area contributed by atoms with Crippen molar-refractivity contribution in [2.24, 2.45) is 5.92 Å². The number of carbonyl (C=O) groups is 2. The minimum atomic E-state index is -0.818. The van der Waals surface area contributed by atoms with Crippen LogP contribution in [-0.2, 0) is 4.79 Å². The Morgan fingerprint density at radius 3 is 2.78 bits per heavy atom. The van der Waals surface area contributed by atoms with E-state index >= 15 is 0 Å². The molecule has 2 atom stereocenters. The van der Waals surface area contributed by atoms with E-state index < -0.39 is 11.9 Å². The third-order valence-electron chi connectivity index (χ3n) is 3.95. The molecule has 0 spiro atoms. The van der Waals surface area contributed by atoms with Crippen LogP contribution in [0.4, 0.5) is 4.39 Å². The summed E-state index contributed by atoms with van der Waals surface area (Å²) < 4.78 is 13.7. The van der Waals surface area contributed by atoms with Crippen molar-refractivity contribution in [3.05, 3.63) is 41.2 Å². The predicted molar refractivity (Wildman–Crippen MR) is 83.7 cm³/mol. The fraction of sp³-hybridized carbons (Fsp3) is 0.312. The third-order valence-corrected chi connectivity index (χ3v) is 4.98. The lowest BCUT2D eigenvalue weighted by molar-refractivity contribution is -0.141. The SMILES string of the molecule is O=C(N[C@H]1CC[C@@H](C(=O)O)C1)c1cnc(-c2ccccc2F)s1. The second kappa shape index (κ2) is 6.45. The summed E-state index contributed by atoms with van der Waals surface area (Å²) in [6.45, 7) is 0. The molecule has 1 fully saturated rings. The summed E-state index contributed by atoms with van der Waals surface area (Å²) in [5.74, 6) is -1.88. The van der Waals surface area contributed by atoms with Gasteiger partial charge in [-0.25, -0.2) is 9.37 Å². The molecule has 3 rings (SSSR count). The van der Waals surface area contributed by atoms with Crippen molar-refractivity contribution in [1.29, 1.82) is 0 Å². The van der Waals surface area contributed by atoms with Crippen LogP contribution in [-0.4, -0.2) is 28.0 Å². The Balaban J connectivity index is 1.68. The first-order valence-electron chi connectivity index (χ1n) is 7.29. The van der Waals surface area contributed by atoms with Crippen LogP contribution in [0.2, 0.25) is 0 Å². The zero-order chi connectivity index (χ0) is 16.4. The van der Waals surface area contributed by atoms with Gasteiger partial charge < -0.3 is 10.4 Å². The number of aliphatic carboxylic acids is 1. The Morgan fingerprint density at radius 1 is 1.30 bits per heavy atom. The molecule has 2 N–H and O–H groups in total. The Kier molecular flexibility index (Phi) is 4.38. The molecule has 1 saturated carbocycles. The summed E-state index contributed by atoms with van der Waals surface area (Å²) in [4.78, 5) is 27.7. The topological polar surface area (TPSA) is 79.3 Å². The molecule has 1 aromatic heterocycles. The van der Waals surface area contributed by atoms with Crippen molar-refractivity contribution < 1.29 is 19.1 Å². The maximum absolute atomic E-state index is 13.7. The van der Waals surface area contributed by atoms with Gasteiger partial charge in [0.15, 0.2) is 0 Å². The number of amides is 1. The standard InChI is InChI=1S/C16H15FN2O3S/c17-12-4-2-1-3-11(12)15-18-8-13(23-15)14(20)19-10-6-5-9(7-10)16(21)22/h1-4,8-10H,5-7H2,(H,19,20)(H,21,22)/t9-,10+/m1/s1. The van der Waals surface area contributed by atoms with Crippen LogP contribution in [0, 0.1) is 11.7 Å². The van der Waals surface area contributed by atoms with E-state index in [4.69, 9.17) is 5.11 Å². The highest BCUT2D eigenvalue weighted by Crippen LogP contribution is 2.29. The molecule has 0 saturated heterocycles. The molecular weight excluding hydrogens is 319 g/mol. The number of rotatable bonds is 4. The second-order valence-electron chi connectivity index (χ2n) is 5.53. The largest absolute Gasteiger partial charge is 0.481 e. The summed E-state index contributed by atoms with van der Waals surface area (Å²) in [6.07, 6.45) is 3.09. The molecule has 0 radical (unpaired) electrons. The van der Waals surface area contributed by atoms with Crippen LogP contribution < -0.4 is 5.32 Å². The van der Waals surface area contributed by atoms with Gasteiger partial charge in [0.2, 0.25) is 0 Å². The van der Waals surface area contributed by atoms with E-state index in [1.165, 1.54) is 12.3 Å². The highest BCUT2D eigenvalue weighted by molar-refractivity contribution is 7.16. The van der Waals surface area contributed by atoms with Gasteiger partial charge in [0, 0.05) is 11.6 Å². The summed E-state index contributed by atoms with van der Waals surface area (Å²) in [5.41, 5.74) is 0.364. The number of aromatic nitrogens is 1. The first kappa shape index (κ1) is 15.6. The zero-order valence-corrected chi connectivity index (χ0v) is 13.0. The number of carbonyl (C=O) groups excluding carboxylic acids is 1. The van der Waals surface area contributed by atoms with E-state index in [1.807, 2.05) is 0 Å². The maximum atomic E-state index is 13.7. The lowest BCUT2D eigenvalue weighted by Gasteiger charge is -2.10. The molecule has 0 unspecified atom stereocenters. The summed E-state index contributed by atoms with van der Waals surface area (Å²) in [5, 5.41) is 12.3. The minimum absolute atomic E-state index is 0.136. The molecule has 1 heterocycles. The first-order valence-corrected chi connectivity index (χ1v) is 8.10. The number of hydrogen-bond acceptors (Lipinski definition) is 4. The molecular formula is C16H15FN2O3S. The normalized spacial score (nSPS) is 20.4. The van der Waals surface area contributed by atoms with Gasteiger partial charge in [0.1, 0.15) is 15.7 Å². The van der Waals surface area contributed by atoms with Gasteiger partial charge in [-0.05, 0) is 31.4 Å². The fourth-order valence-electron chi connectivity index (χ4n) is 2.73. The van der Waals surface area contributed by atoms with Crippen molar-refractivity contribution in [1.82, 2.24) is 10.3 Å². The van der Waals surface area contributed by atoms with Crippen molar-refractivity contribution in [2.75, 3.05) is 0 Å². The van der Waals surface area contributed by atoms with Crippen LogP contribution in [0.25, 0.3) is 10.6 Å². The fourth-order valence-corrected chi connectivity index (χ4v) is 3.58. The summed E-state index contributed by atoms with van der Waals surface area (Å²) in [6, 6.07) is 6.14. The number of thiazole rings is 1. The van der Waals surface area contributed by atoms with Crippen molar-refractivity contribution >= 4 is 23.2 Å². The van der Waals surface area contributed by atoms with Gasteiger partial charge in [-0.2, -0.15) is 0 Å². The molecule has 0 aliphatic heterocycles. The van der Waals surface area contributed by atoms with Crippen LogP contribution in [0.3, 0.4) is 0 Å². The van der Waals surface area contributed by atoms with E-state index in [1.54, 1.807) is 18.2 Å². The highest BCUT2D eigenvalue weighted by atomic mass is 32.1.